The van der Waals surface area contributed by atoms with Gasteiger partial charge in [-0.1, -0.05) is 28.1 Å². The summed E-state index contributed by atoms with van der Waals surface area (Å²) in [6.45, 7) is 1.98. The van der Waals surface area contributed by atoms with Gasteiger partial charge in [-0.2, -0.15) is 0 Å². The molecule has 1 unspecified atom stereocenters. The molecule has 4 heteroatoms. The third-order valence-corrected chi connectivity index (χ3v) is 3.57. The molecule has 1 aromatic heterocycles. The lowest BCUT2D eigenvalue weighted by atomic mass is 10.0. The number of benzene rings is 1. The first-order chi connectivity index (χ1) is 7.61. The predicted octanol–water partition coefficient (Wildman–Crippen LogP) is 2.57. The maximum atomic E-state index is 10.3. The molecule has 1 atom stereocenters. The molecule has 0 saturated carbocycles. The molecule has 16 heavy (non-hydrogen) atoms. The van der Waals surface area contributed by atoms with Crippen LogP contribution in [0, 0.1) is 6.92 Å². The highest BCUT2D eigenvalue weighted by molar-refractivity contribution is 9.10. The molecule has 2 rings (SSSR count). The van der Waals surface area contributed by atoms with Gasteiger partial charge in [0.05, 0.1) is 0 Å². The van der Waals surface area contributed by atoms with Crippen LogP contribution in [0.15, 0.2) is 35.1 Å². The fourth-order valence-electron chi connectivity index (χ4n) is 1.70. The number of imidazole rings is 1. The molecule has 0 aliphatic rings. The summed E-state index contributed by atoms with van der Waals surface area (Å²) in [5.41, 5.74) is 1.92. The van der Waals surface area contributed by atoms with Crippen LogP contribution in [0.4, 0.5) is 0 Å². The summed E-state index contributed by atoms with van der Waals surface area (Å²) in [6.07, 6.45) is 2.83. The highest BCUT2D eigenvalue weighted by atomic mass is 79.9. The molecule has 1 aromatic carbocycles. The summed E-state index contributed by atoms with van der Waals surface area (Å²) < 4.78 is 2.82. The Morgan fingerprint density at radius 2 is 2.19 bits per heavy atom. The smallest absolute Gasteiger partial charge is 0.142 e. The lowest BCUT2D eigenvalue weighted by Gasteiger charge is -2.14. The van der Waals surface area contributed by atoms with Crippen LogP contribution >= 0.6 is 15.9 Å². The summed E-state index contributed by atoms with van der Waals surface area (Å²) >= 11 is 3.46. The monoisotopic (exact) mass is 280 g/mol. The molecule has 0 aliphatic heterocycles. The first-order valence-electron chi connectivity index (χ1n) is 5.01. The summed E-state index contributed by atoms with van der Waals surface area (Å²) in [7, 11) is 1.87. The highest BCUT2D eigenvalue weighted by Gasteiger charge is 2.17. The van der Waals surface area contributed by atoms with Crippen LogP contribution in [0.1, 0.15) is 23.1 Å². The fourth-order valence-corrected chi connectivity index (χ4v) is 2.08. The van der Waals surface area contributed by atoms with Crippen LogP contribution < -0.4 is 0 Å². The van der Waals surface area contributed by atoms with E-state index in [4.69, 9.17) is 0 Å². The van der Waals surface area contributed by atoms with Crippen LogP contribution in [-0.2, 0) is 7.05 Å². The van der Waals surface area contributed by atoms with E-state index in [-0.39, 0.29) is 0 Å². The largest absolute Gasteiger partial charge is 0.380 e. The Kier molecular flexibility index (Phi) is 3.12. The van der Waals surface area contributed by atoms with Gasteiger partial charge in [-0.3, -0.25) is 0 Å². The standard InChI is InChI=1S/C12H13BrN2O/c1-8-9(4-3-5-10(8)13)11(16)12-14-6-7-15(12)2/h3-7,11,16H,1-2H3. The van der Waals surface area contributed by atoms with Crippen LogP contribution in [0.2, 0.25) is 0 Å². The van der Waals surface area contributed by atoms with Crippen molar-refractivity contribution in [3.63, 3.8) is 0 Å². The molecule has 0 amide bonds. The van der Waals surface area contributed by atoms with Gasteiger partial charge >= 0.3 is 0 Å². The molecule has 0 bridgehead atoms. The lowest BCUT2D eigenvalue weighted by Crippen LogP contribution is -2.08. The molecule has 0 aliphatic carbocycles. The Balaban J connectivity index is 2.46. The summed E-state index contributed by atoms with van der Waals surface area (Å²) in [5.74, 6) is 0.654. The zero-order chi connectivity index (χ0) is 11.7. The molecule has 0 saturated heterocycles. The van der Waals surface area contributed by atoms with E-state index in [1.165, 1.54) is 0 Å². The molecular weight excluding hydrogens is 268 g/mol. The van der Waals surface area contributed by atoms with E-state index in [9.17, 15) is 5.11 Å². The van der Waals surface area contributed by atoms with Crippen molar-refractivity contribution in [2.45, 2.75) is 13.0 Å². The van der Waals surface area contributed by atoms with Crippen LogP contribution in [0.5, 0.6) is 0 Å². The van der Waals surface area contributed by atoms with Gasteiger partial charge in [0.1, 0.15) is 11.9 Å². The number of halogens is 1. The summed E-state index contributed by atoms with van der Waals surface area (Å²) in [4.78, 5) is 4.16. The molecule has 84 valence electrons. The van der Waals surface area contributed by atoms with E-state index >= 15 is 0 Å². The van der Waals surface area contributed by atoms with Gasteiger partial charge < -0.3 is 9.67 Å². The van der Waals surface area contributed by atoms with Gasteiger partial charge in [-0.05, 0) is 24.1 Å². The molecule has 0 spiro atoms. The van der Waals surface area contributed by atoms with Crippen molar-refractivity contribution in [3.05, 3.63) is 52.0 Å². The third-order valence-electron chi connectivity index (χ3n) is 2.71. The van der Waals surface area contributed by atoms with Crippen LogP contribution in [-0.4, -0.2) is 14.7 Å². The Hall–Kier alpha value is -1.13. The van der Waals surface area contributed by atoms with E-state index in [1.807, 2.05) is 42.9 Å². The zero-order valence-electron chi connectivity index (χ0n) is 9.18. The molecule has 2 aromatic rings. The minimum Gasteiger partial charge on any atom is -0.380 e. The summed E-state index contributed by atoms with van der Waals surface area (Å²) in [6, 6.07) is 5.79. The zero-order valence-corrected chi connectivity index (χ0v) is 10.8. The SMILES string of the molecule is Cc1c(Br)cccc1C(O)c1nccn1C. The average molecular weight is 281 g/mol. The number of aryl methyl sites for hydroxylation is 1. The van der Waals surface area contributed by atoms with Crippen molar-refractivity contribution >= 4 is 15.9 Å². The van der Waals surface area contributed by atoms with Gasteiger partial charge in [0, 0.05) is 23.9 Å². The van der Waals surface area contributed by atoms with Crippen molar-refractivity contribution < 1.29 is 5.11 Å². The third kappa shape index (κ3) is 1.90. The lowest BCUT2D eigenvalue weighted by molar-refractivity contribution is 0.205. The number of hydrogen-bond donors (Lipinski definition) is 1. The number of aliphatic hydroxyl groups excluding tert-OH is 1. The Morgan fingerprint density at radius 3 is 2.81 bits per heavy atom. The molecule has 1 heterocycles. The van der Waals surface area contributed by atoms with Crippen molar-refractivity contribution in [1.82, 2.24) is 9.55 Å². The Labute approximate surface area is 103 Å². The summed E-state index contributed by atoms with van der Waals surface area (Å²) in [5, 5.41) is 10.3. The minimum absolute atomic E-state index is 0.654. The Bertz CT molecular complexity index is 507. The number of nitrogens with zero attached hydrogens (tertiary/aromatic N) is 2. The number of rotatable bonds is 2. The second-order valence-electron chi connectivity index (χ2n) is 3.75. The van der Waals surface area contributed by atoms with Crippen LogP contribution in [0.3, 0.4) is 0 Å². The number of hydrogen-bond acceptors (Lipinski definition) is 2. The fraction of sp³-hybridized carbons (Fsp3) is 0.250. The van der Waals surface area contributed by atoms with E-state index in [2.05, 4.69) is 20.9 Å². The molecule has 1 N–H and O–H groups in total. The van der Waals surface area contributed by atoms with Crippen molar-refractivity contribution in [2.75, 3.05) is 0 Å². The molecule has 3 nitrogen and oxygen atoms in total. The molecule has 0 fully saturated rings. The quantitative estimate of drug-likeness (QED) is 0.918. The van der Waals surface area contributed by atoms with Gasteiger partial charge in [0.25, 0.3) is 0 Å². The van der Waals surface area contributed by atoms with E-state index < -0.39 is 6.10 Å². The Morgan fingerprint density at radius 1 is 1.44 bits per heavy atom. The number of aliphatic hydroxyl groups is 1. The van der Waals surface area contributed by atoms with Gasteiger partial charge in [0.2, 0.25) is 0 Å². The van der Waals surface area contributed by atoms with Crippen molar-refractivity contribution in [3.8, 4) is 0 Å². The average Bonchev–Trinajstić information content (AvgIpc) is 2.68. The topological polar surface area (TPSA) is 38.1 Å². The van der Waals surface area contributed by atoms with Gasteiger partial charge in [-0.25, -0.2) is 4.98 Å². The predicted molar refractivity (Wildman–Crippen MR) is 66.1 cm³/mol. The number of aromatic nitrogens is 2. The first kappa shape index (κ1) is 11.4. The normalized spacial score (nSPS) is 12.8. The van der Waals surface area contributed by atoms with Gasteiger partial charge in [-0.15, -0.1) is 0 Å². The van der Waals surface area contributed by atoms with E-state index in [0.717, 1.165) is 15.6 Å². The second-order valence-corrected chi connectivity index (χ2v) is 4.61. The molecular formula is C12H13BrN2O. The van der Waals surface area contributed by atoms with Gasteiger partial charge in [0.15, 0.2) is 0 Å². The van der Waals surface area contributed by atoms with Crippen molar-refractivity contribution in [1.29, 1.82) is 0 Å². The molecule has 0 radical (unpaired) electrons. The minimum atomic E-state index is -0.683. The maximum Gasteiger partial charge on any atom is 0.142 e. The maximum absolute atomic E-state index is 10.3. The van der Waals surface area contributed by atoms with Crippen LogP contribution in [0.25, 0.3) is 0 Å². The van der Waals surface area contributed by atoms with E-state index in [1.54, 1.807) is 6.20 Å². The first-order valence-corrected chi connectivity index (χ1v) is 5.81. The second kappa shape index (κ2) is 4.39. The highest BCUT2D eigenvalue weighted by Crippen LogP contribution is 2.27. The van der Waals surface area contributed by atoms with Crippen molar-refractivity contribution in [2.24, 2.45) is 7.05 Å². The van der Waals surface area contributed by atoms with E-state index in [0.29, 0.717) is 5.82 Å².